The number of aliphatic imine (C=N–C) groups is 1. The zero-order valence-electron chi connectivity index (χ0n) is 20.9. The Morgan fingerprint density at radius 1 is 1.12 bits per heavy atom. The average Bonchev–Trinajstić information content (AvgIpc) is 3.26. The van der Waals surface area contributed by atoms with E-state index in [-0.39, 0.29) is 29.4 Å². The molecule has 0 unspecified atom stereocenters. The fourth-order valence-corrected chi connectivity index (χ4v) is 3.84. The minimum absolute atomic E-state index is 0. The van der Waals surface area contributed by atoms with Gasteiger partial charge in [0.1, 0.15) is 5.76 Å². The van der Waals surface area contributed by atoms with Crippen molar-refractivity contribution < 1.29 is 4.42 Å². The van der Waals surface area contributed by atoms with Gasteiger partial charge in [-0.25, -0.2) is 4.98 Å². The summed E-state index contributed by atoms with van der Waals surface area (Å²) in [6.45, 7) is 15.6. The number of halogens is 1. The van der Waals surface area contributed by atoms with E-state index in [2.05, 4.69) is 82.4 Å². The number of hydrogen-bond donors (Lipinski definition) is 2. The average molecular weight is 569 g/mol. The van der Waals surface area contributed by atoms with E-state index < -0.39 is 0 Å². The van der Waals surface area contributed by atoms with Crippen LogP contribution >= 0.6 is 24.0 Å². The van der Waals surface area contributed by atoms with E-state index in [1.165, 1.54) is 17.7 Å². The van der Waals surface area contributed by atoms with Gasteiger partial charge in [-0.1, -0.05) is 32.9 Å². The second kappa shape index (κ2) is 13.2. The van der Waals surface area contributed by atoms with Crippen LogP contribution in [0.4, 0.5) is 5.69 Å². The van der Waals surface area contributed by atoms with Crippen LogP contribution in [-0.2, 0) is 12.0 Å². The molecule has 8 heteroatoms. The van der Waals surface area contributed by atoms with Crippen molar-refractivity contribution in [2.45, 2.75) is 52.5 Å². The predicted molar refractivity (Wildman–Crippen MR) is 148 cm³/mol. The van der Waals surface area contributed by atoms with Crippen molar-refractivity contribution in [3.8, 4) is 0 Å². The van der Waals surface area contributed by atoms with Crippen LogP contribution in [0.3, 0.4) is 0 Å². The number of aromatic nitrogens is 1. The number of rotatable bonds is 8. The van der Waals surface area contributed by atoms with Crippen LogP contribution < -0.4 is 15.5 Å². The molecule has 1 aromatic heterocycles. The molecule has 2 N–H and O–H groups in total. The molecule has 3 rings (SSSR count). The Hall–Kier alpha value is -1.81. The first-order valence-electron chi connectivity index (χ1n) is 11.8. The van der Waals surface area contributed by atoms with Crippen LogP contribution in [-0.4, -0.2) is 62.2 Å². The molecule has 2 aromatic rings. The minimum Gasteiger partial charge on any atom is -0.443 e. The summed E-state index contributed by atoms with van der Waals surface area (Å²) in [7, 11) is 1.79. The quantitative estimate of drug-likeness (QED) is 0.216. The minimum atomic E-state index is -0.0294. The fourth-order valence-electron chi connectivity index (χ4n) is 3.84. The van der Waals surface area contributed by atoms with Gasteiger partial charge >= 0.3 is 0 Å². The number of hydrogen-bond acceptors (Lipinski definition) is 5. The van der Waals surface area contributed by atoms with E-state index in [0.29, 0.717) is 12.4 Å². The summed E-state index contributed by atoms with van der Waals surface area (Å²) in [6, 6.07) is 8.82. The number of nitrogens with one attached hydrogen (secondary N) is 2. The van der Waals surface area contributed by atoms with Crippen molar-refractivity contribution in [2.75, 3.05) is 51.2 Å². The van der Waals surface area contributed by atoms with Crippen LogP contribution in [0.2, 0.25) is 0 Å². The molecule has 1 aromatic carbocycles. The number of benzene rings is 1. The van der Waals surface area contributed by atoms with Crippen molar-refractivity contribution in [3.63, 3.8) is 0 Å². The molecule has 0 saturated carbocycles. The van der Waals surface area contributed by atoms with Gasteiger partial charge in [0.15, 0.2) is 5.96 Å². The van der Waals surface area contributed by atoms with Gasteiger partial charge in [0.2, 0.25) is 5.89 Å². The van der Waals surface area contributed by atoms with E-state index in [1.807, 2.05) is 6.20 Å². The van der Waals surface area contributed by atoms with Gasteiger partial charge in [0.05, 0.1) is 12.7 Å². The molecule has 184 valence electrons. The van der Waals surface area contributed by atoms with E-state index in [1.54, 1.807) is 7.05 Å². The molecule has 0 aliphatic carbocycles. The van der Waals surface area contributed by atoms with Crippen LogP contribution in [0.15, 0.2) is 39.9 Å². The van der Waals surface area contributed by atoms with E-state index in [9.17, 15) is 0 Å². The molecule has 1 fully saturated rings. The number of oxazole rings is 1. The highest BCUT2D eigenvalue weighted by Gasteiger charge is 2.19. The summed E-state index contributed by atoms with van der Waals surface area (Å²) in [5, 5.41) is 6.67. The monoisotopic (exact) mass is 568 g/mol. The maximum Gasteiger partial charge on any atom is 0.213 e. The number of nitrogens with zero attached hydrogens (tertiary/aromatic N) is 4. The topological polar surface area (TPSA) is 68.9 Å². The standard InChI is InChI=1S/C25H40N6O.HI/c1-20-9-8-10-21(17-20)31-15-13-30(14-16-31)12-7-6-11-27-24(26-5)29-19-23-28-18-22(32-23)25(2,3)4;/h8-10,17-18H,6-7,11-16,19H2,1-5H3,(H2,26,27,29);1H. The van der Waals surface area contributed by atoms with Gasteiger partial charge in [-0.15, -0.1) is 24.0 Å². The molecule has 1 aliphatic heterocycles. The molecule has 1 saturated heterocycles. The zero-order chi connectivity index (χ0) is 23.0. The lowest BCUT2D eigenvalue weighted by atomic mass is 9.94. The highest BCUT2D eigenvalue weighted by molar-refractivity contribution is 14.0. The second-order valence-corrected chi connectivity index (χ2v) is 9.60. The van der Waals surface area contributed by atoms with Crippen molar-refractivity contribution in [1.82, 2.24) is 20.5 Å². The molecule has 0 amide bonds. The van der Waals surface area contributed by atoms with Crippen LogP contribution in [0, 0.1) is 6.92 Å². The van der Waals surface area contributed by atoms with Gasteiger partial charge in [0, 0.05) is 50.9 Å². The zero-order valence-corrected chi connectivity index (χ0v) is 23.2. The fraction of sp³-hybridized carbons (Fsp3) is 0.600. The summed E-state index contributed by atoms with van der Waals surface area (Å²) in [4.78, 5) is 13.7. The molecule has 2 heterocycles. The Kier molecular flexibility index (Phi) is 11.0. The third kappa shape index (κ3) is 8.81. The Morgan fingerprint density at radius 3 is 2.52 bits per heavy atom. The van der Waals surface area contributed by atoms with E-state index in [0.717, 1.165) is 57.4 Å². The lowest BCUT2D eigenvalue weighted by molar-refractivity contribution is 0.253. The lowest BCUT2D eigenvalue weighted by Gasteiger charge is -2.36. The van der Waals surface area contributed by atoms with E-state index in [4.69, 9.17) is 4.42 Å². The highest BCUT2D eigenvalue weighted by atomic mass is 127. The molecular formula is C25H41IN6O. The highest BCUT2D eigenvalue weighted by Crippen LogP contribution is 2.22. The Labute approximate surface area is 216 Å². The number of unbranched alkanes of at least 4 members (excludes halogenated alkanes) is 1. The van der Waals surface area contributed by atoms with Gasteiger partial charge in [-0.2, -0.15) is 0 Å². The molecule has 33 heavy (non-hydrogen) atoms. The molecule has 0 bridgehead atoms. The summed E-state index contributed by atoms with van der Waals surface area (Å²) < 4.78 is 5.83. The van der Waals surface area contributed by atoms with Crippen molar-refractivity contribution in [1.29, 1.82) is 0 Å². The number of anilines is 1. The third-order valence-corrected chi connectivity index (χ3v) is 5.86. The Bertz CT molecular complexity index is 868. The third-order valence-electron chi connectivity index (χ3n) is 5.86. The van der Waals surface area contributed by atoms with Crippen LogP contribution in [0.1, 0.15) is 50.8 Å². The predicted octanol–water partition coefficient (Wildman–Crippen LogP) is 4.17. The van der Waals surface area contributed by atoms with Crippen LogP contribution in [0.25, 0.3) is 0 Å². The van der Waals surface area contributed by atoms with Gasteiger partial charge in [-0.3, -0.25) is 9.89 Å². The van der Waals surface area contributed by atoms with Gasteiger partial charge in [-0.05, 0) is 44.0 Å². The van der Waals surface area contributed by atoms with Gasteiger partial charge in [0.25, 0.3) is 0 Å². The molecular weight excluding hydrogens is 527 g/mol. The molecule has 0 spiro atoms. The first-order chi connectivity index (χ1) is 15.3. The SMILES string of the molecule is CN=C(NCCCCN1CCN(c2cccc(C)c2)CC1)NCc1ncc(C(C)(C)C)o1.I. The maximum atomic E-state index is 5.83. The van der Waals surface area contributed by atoms with Crippen LogP contribution in [0.5, 0.6) is 0 Å². The Balaban J connectivity index is 0.00000385. The number of piperazine rings is 1. The first kappa shape index (κ1) is 27.4. The lowest BCUT2D eigenvalue weighted by Crippen LogP contribution is -2.46. The largest absolute Gasteiger partial charge is 0.443 e. The summed E-state index contributed by atoms with van der Waals surface area (Å²) in [5.41, 5.74) is 2.65. The molecule has 1 aliphatic rings. The molecule has 0 atom stereocenters. The van der Waals surface area contributed by atoms with Crippen molar-refractivity contribution in [3.05, 3.63) is 47.7 Å². The van der Waals surface area contributed by atoms with Crippen molar-refractivity contribution in [2.24, 2.45) is 4.99 Å². The summed E-state index contributed by atoms with van der Waals surface area (Å²) in [5.74, 6) is 2.37. The van der Waals surface area contributed by atoms with Gasteiger partial charge < -0.3 is 20.0 Å². The first-order valence-corrected chi connectivity index (χ1v) is 11.8. The van der Waals surface area contributed by atoms with Crippen molar-refractivity contribution >= 4 is 35.6 Å². The molecule has 7 nitrogen and oxygen atoms in total. The van der Waals surface area contributed by atoms with E-state index >= 15 is 0 Å². The summed E-state index contributed by atoms with van der Waals surface area (Å²) in [6.07, 6.45) is 4.11. The second-order valence-electron chi connectivity index (χ2n) is 9.60. The number of aryl methyl sites for hydroxylation is 1. The maximum absolute atomic E-state index is 5.83. The number of guanidine groups is 1. The Morgan fingerprint density at radius 2 is 1.88 bits per heavy atom. The normalized spacial score (nSPS) is 15.3. The molecule has 0 radical (unpaired) electrons. The summed E-state index contributed by atoms with van der Waals surface area (Å²) >= 11 is 0. The smallest absolute Gasteiger partial charge is 0.213 e.